The zero-order chi connectivity index (χ0) is 26.0. The van der Waals surface area contributed by atoms with Gasteiger partial charge in [-0.1, -0.05) is 30.3 Å². The van der Waals surface area contributed by atoms with Crippen LogP contribution in [-0.2, 0) is 24.2 Å². The molecule has 2 heterocycles. The van der Waals surface area contributed by atoms with Crippen LogP contribution in [0.4, 0.5) is 4.79 Å². The molecule has 0 radical (unpaired) electrons. The number of hydrogen-bond donors (Lipinski definition) is 0. The molecule has 1 aliphatic rings. The number of imidazole rings is 1. The Bertz CT molecular complexity index is 1460. The molecule has 7 nitrogen and oxygen atoms in total. The summed E-state index contributed by atoms with van der Waals surface area (Å²) in [6, 6.07) is 21.7. The summed E-state index contributed by atoms with van der Waals surface area (Å²) in [4.78, 5) is 25.4. The standard InChI is InChI=1S/C30H31N5O2/c1-30(2,3)37-29(36)35-25-11-5-4-10-24(25)33-27(35)20-34(19-22-15-13-21(18-31)14-16-22)26-12-6-8-23-9-7-17-32-28(23)26/h4-5,7,9-11,13-17,26H,6,8,12,19-20H2,1-3H3. The molecule has 2 aromatic carbocycles. The van der Waals surface area contributed by atoms with Gasteiger partial charge in [0.1, 0.15) is 11.4 Å². The predicted octanol–water partition coefficient (Wildman–Crippen LogP) is 6.17. The minimum absolute atomic E-state index is 0.0764. The summed E-state index contributed by atoms with van der Waals surface area (Å²) in [6.07, 6.45) is 4.47. The molecule has 0 amide bonds. The number of carbonyl (C=O) groups is 1. The SMILES string of the molecule is CC(C)(C)OC(=O)n1c(CN(Cc2ccc(C#N)cc2)C2CCCc3cccnc32)nc2ccccc21. The number of ether oxygens (including phenoxy) is 1. The van der Waals surface area contributed by atoms with Gasteiger partial charge >= 0.3 is 6.09 Å². The van der Waals surface area contributed by atoms with Crippen LogP contribution in [0.1, 0.15) is 67.9 Å². The van der Waals surface area contributed by atoms with E-state index in [1.165, 1.54) is 5.56 Å². The van der Waals surface area contributed by atoms with Crippen molar-refractivity contribution in [2.75, 3.05) is 0 Å². The Hall–Kier alpha value is -4.02. The van der Waals surface area contributed by atoms with Gasteiger partial charge in [-0.3, -0.25) is 9.88 Å². The second-order valence-corrected chi connectivity index (χ2v) is 10.5. The molecule has 37 heavy (non-hydrogen) atoms. The van der Waals surface area contributed by atoms with Crippen LogP contribution in [0.25, 0.3) is 11.0 Å². The van der Waals surface area contributed by atoms with E-state index < -0.39 is 11.7 Å². The van der Waals surface area contributed by atoms with Gasteiger partial charge in [0.2, 0.25) is 0 Å². The summed E-state index contributed by atoms with van der Waals surface area (Å²) < 4.78 is 7.39. The summed E-state index contributed by atoms with van der Waals surface area (Å²) in [7, 11) is 0. The fraction of sp³-hybridized carbons (Fsp3) is 0.333. The number of para-hydroxylation sites is 2. The largest absolute Gasteiger partial charge is 0.443 e. The lowest BCUT2D eigenvalue weighted by Crippen LogP contribution is -2.34. The normalized spacial score (nSPS) is 15.4. The van der Waals surface area contributed by atoms with Crippen molar-refractivity contribution in [3.05, 3.63) is 95.1 Å². The van der Waals surface area contributed by atoms with Crippen LogP contribution in [0.5, 0.6) is 0 Å². The topological polar surface area (TPSA) is 84.0 Å². The smallest absolute Gasteiger partial charge is 0.420 e. The number of fused-ring (bicyclic) bond motifs is 2. The number of nitrogens with zero attached hydrogens (tertiary/aromatic N) is 5. The molecule has 0 saturated carbocycles. The molecule has 0 N–H and O–H groups in total. The van der Waals surface area contributed by atoms with Crippen LogP contribution in [0.15, 0.2) is 66.9 Å². The van der Waals surface area contributed by atoms with Crippen molar-refractivity contribution in [1.82, 2.24) is 19.4 Å². The second kappa shape index (κ2) is 10.2. The van der Waals surface area contributed by atoms with E-state index in [4.69, 9.17) is 14.7 Å². The molecule has 1 atom stereocenters. The van der Waals surface area contributed by atoms with Crippen molar-refractivity contribution >= 4 is 17.1 Å². The van der Waals surface area contributed by atoms with Crippen LogP contribution in [0.3, 0.4) is 0 Å². The average molecular weight is 494 g/mol. The first-order chi connectivity index (χ1) is 17.8. The summed E-state index contributed by atoms with van der Waals surface area (Å²) in [5, 5.41) is 9.23. The number of aromatic nitrogens is 3. The highest BCUT2D eigenvalue weighted by atomic mass is 16.6. The highest BCUT2D eigenvalue weighted by Gasteiger charge is 2.30. The van der Waals surface area contributed by atoms with Crippen molar-refractivity contribution in [2.24, 2.45) is 0 Å². The Morgan fingerprint density at radius 1 is 1.11 bits per heavy atom. The van der Waals surface area contributed by atoms with E-state index >= 15 is 0 Å². The van der Waals surface area contributed by atoms with Crippen molar-refractivity contribution in [1.29, 1.82) is 5.26 Å². The third-order valence-corrected chi connectivity index (χ3v) is 6.63. The molecule has 0 spiro atoms. The second-order valence-electron chi connectivity index (χ2n) is 10.5. The van der Waals surface area contributed by atoms with Gasteiger partial charge in [-0.05, 0) is 81.5 Å². The third-order valence-electron chi connectivity index (χ3n) is 6.63. The fourth-order valence-corrected chi connectivity index (χ4v) is 5.01. The molecule has 0 bridgehead atoms. The number of rotatable bonds is 5. The Morgan fingerprint density at radius 2 is 1.89 bits per heavy atom. The van der Waals surface area contributed by atoms with Gasteiger partial charge < -0.3 is 4.74 Å². The molecule has 4 aromatic rings. The minimum atomic E-state index is -0.631. The van der Waals surface area contributed by atoms with Gasteiger partial charge in [0.15, 0.2) is 0 Å². The van der Waals surface area contributed by atoms with Crippen LogP contribution in [0, 0.1) is 11.3 Å². The summed E-state index contributed by atoms with van der Waals surface area (Å²) in [5.41, 5.74) is 4.92. The average Bonchev–Trinajstić information content (AvgIpc) is 3.25. The molecule has 5 rings (SSSR count). The minimum Gasteiger partial charge on any atom is -0.443 e. The van der Waals surface area contributed by atoms with E-state index in [-0.39, 0.29) is 6.04 Å². The van der Waals surface area contributed by atoms with Gasteiger partial charge in [0.05, 0.1) is 40.9 Å². The van der Waals surface area contributed by atoms with Crippen LogP contribution < -0.4 is 0 Å². The highest BCUT2D eigenvalue weighted by molar-refractivity contribution is 5.87. The van der Waals surface area contributed by atoms with E-state index in [1.54, 1.807) is 4.57 Å². The number of hydrogen-bond acceptors (Lipinski definition) is 6. The number of benzene rings is 2. The lowest BCUT2D eigenvalue weighted by atomic mass is 9.90. The zero-order valence-corrected chi connectivity index (χ0v) is 21.5. The molecular weight excluding hydrogens is 462 g/mol. The van der Waals surface area contributed by atoms with E-state index in [0.717, 1.165) is 41.6 Å². The molecule has 2 aromatic heterocycles. The maximum atomic E-state index is 13.4. The molecule has 7 heteroatoms. The molecule has 0 fully saturated rings. The lowest BCUT2D eigenvalue weighted by Gasteiger charge is -2.35. The number of pyridine rings is 1. The molecule has 188 valence electrons. The van der Waals surface area contributed by atoms with Crippen molar-refractivity contribution in [3.8, 4) is 6.07 Å². The highest BCUT2D eigenvalue weighted by Crippen LogP contribution is 2.35. The third kappa shape index (κ3) is 5.40. The van der Waals surface area contributed by atoms with Crippen molar-refractivity contribution < 1.29 is 9.53 Å². The Labute approximate surface area is 217 Å². The van der Waals surface area contributed by atoms with Crippen LogP contribution >= 0.6 is 0 Å². The maximum Gasteiger partial charge on any atom is 0.420 e. The Balaban J connectivity index is 1.57. The first-order valence-electron chi connectivity index (χ1n) is 12.7. The van der Waals surface area contributed by atoms with E-state index in [9.17, 15) is 10.1 Å². The Kier molecular flexibility index (Phi) is 6.77. The molecule has 0 saturated heterocycles. The summed E-state index contributed by atoms with van der Waals surface area (Å²) in [5.74, 6) is 0.632. The maximum absolute atomic E-state index is 13.4. The van der Waals surface area contributed by atoms with E-state index in [0.29, 0.717) is 24.5 Å². The van der Waals surface area contributed by atoms with Gasteiger partial charge in [-0.25, -0.2) is 14.3 Å². The lowest BCUT2D eigenvalue weighted by molar-refractivity contribution is 0.0530. The summed E-state index contributed by atoms with van der Waals surface area (Å²) >= 11 is 0. The first kappa shape index (κ1) is 24.7. The number of aryl methyl sites for hydroxylation is 1. The summed E-state index contributed by atoms with van der Waals surface area (Å²) in [6.45, 7) is 6.67. The van der Waals surface area contributed by atoms with Crippen molar-refractivity contribution in [3.63, 3.8) is 0 Å². The first-order valence-corrected chi connectivity index (χ1v) is 12.7. The number of carbonyl (C=O) groups excluding carboxylic acids is 1. The quantitative estimate of drug-likeness (QED) is 0.331. The van der Waals surface area contributed by atoms with Gasteiger partial charge in [0, 0.05) is 12.7 Å². The van der Waals surface area contributed by atoms with Crippen LogP contribution in [0.2, 0.25) is 0 Å². The monoisotopic (exact) mass is 493 g/mol. The van der Waals surface area contributed by atoms with Gasteiger partial charge in [-0.2, -0.15) is 5.26 Å². The fourth-order valence-electron chi connectivity index (χ4n) is 5.01. The molecule has 0 aliphatic heterocycles. The van der Waals surface area contributed by atoms with Crippen molar-refractivity contribution in [2.45, 2.75) is 64.8 Å². The molecule has 1 aliphatic carbocycles. The van der Waals surface area contributed by atoms with E-state index in [1.807, 2.05) is 81.6 Å². The Morgan fingerprint density at radius 3 is 2.65 bits per heavy atom. The van der Waals surface area contributed by atoms with Gasteiger partial charge in [0.25, 0.3) is 0 Å². The number of nitriles is 1. The molecule has 1 unspecified atom stereocenters. The van der Waals surface area contributed by atoms with Gasteiger partial charge in [-0.15, -0.1) is 0 Å². The van der Waals surface area contributed by atoms with E-state index in [2.05, 4.69) is 17.0 Å². The van der Waals surface area contributed by atoms with Crippen LogP contribution in [-0.4, -0.2) is 31.1 Å². The molecular formula is C30H31N5O2. The predicted molar refractivity (Wildman–Crippen MR) is 142 cm³/mol. The zero-order valence-electron chi connectivity index (χ0n) is 21.5.